The second kappa shape index (κ2) is 5.64. The van der Waals surface area contributed by atoms with E-state index in [-0.39, 0.29) is 18.6 Å². The fourth-order valence-corrected chi connectivity index (χ4v) is 2.59. The Balaban J connectivity index is 1.68. The highest BCUT2D eigenvalue weighted by Crippen LogP contribution is 2.23. The molecule has 1 N–H and O–H groups in total. The lowest BCUT2D eigenvalue weighted by Crippen LogP contribution is -2.44. The van der Waals surface area contributed by atoms with Gasteiger partial charge in [-0.05, 0) is 44.8 Å². The maximum absolute atomic E-state index is 10.9. The average Bonchev–Trinajstić information content (AvgIpc) is 2.33. The summed E-state index contributed by atoms with van der Waals surface area (Å²) in [7, 11) is 0. The van der Waals surface area contributed by atoms with E-state index in [1.807, 2.05) is 0 Å². The highest BCUT2D eigenvalue weighted by atomic mass is 16.5. The topological polar surface area (TPSA) is 41.6 Å². The molecule has 0 aromatic heterocycles. The summed E-state index contributed by atoms with van der Waals surface area (Å²) in [4.78, 5) is 13.4. The molecule has 92 valence electrons. The third-order valence-corrected chi connectivity index (χ3v) is 3.73. The van der Waals surface area contributed by atoms with E-state index < -0.39 is 0 Å². The van der Waals surface area contributed by atoms with Crippen molar-refractivity contribution in [2.75, 3.05) is 32.8 Å². The standard InChI is InChI=1S/C12H22N2O2/c1-2-14-5-3-10(4-6-14)7-11-8-13-12(15)9-16-11/h10-11H,2-9H2,1H3,(H,13,15). The summed E-state index contributed by atoms with van der Waals surface area (Å²) in [5.41, 5.74) is 0. The average molecular weight is 226 g/mol. The van der Waals surface area contributed by atoms with E-state index >= 15 is 0 Å². The summed E-state index contributed by atoms with van der Waals surface area (Å²) < 4.78 is 5.52. The summed E-state index contributed by atoms with van der Waals surface area (Å²) in [5, 5.41) is 2.87. The van der Waals surface area contributed by atoms with Gasteiger partial charge in [0.05, 0.1) is 6.10 Å². The highest BCUT2D eigenvalue weighted by Gasteiger charge is 2.24. The summed E-state index contributed by atoms with van der Waals surface area (Å²) >= 11 is 0. The Morgan fingerprint density at radius 1 is 1.44 bits per heavy atom. The van der Waals surface area contributed by atoms with Gasteiger partial charge < -0.3 is 15.0 Å². The van der Waals surface area contributed by atoms with E-state index in [0.29, 0.717) is 6.54 Å². The number of carbonyl (C=O) groups excluding carboxylic acids is 1. The van der Waals surface area contributed by atoms with Gasteiger partial charge in [-0.25, -0.2) is 0 Å². The van der Waals surface area contributed by atoms with Crippen LogP contribution in [-0.2, 0) is 9.53 Å². The van der Waals surface area contributed by atoms with Crippen LogP contribution < -0.4 is 5.32 Å². The molecule has 2 aliphatic rings. The number of morpholine rings is 1. The van der Waals surface area contributed by atoms with Crippen LogP contribution in [0.25, 0.3) is 0 Å². The Kier molecular flexibility index (Phi) is 4.18. The van der Waals surface area contributed by atoms with Gasteiger partial charge in [-0.3, -0.25) is 4.79 Å². The molecule has 1 unspecified atom stereocenters. The van der Waals surface area contributed by atoms with Crippen molar-refractivity contribution in [3.05, 3.63) is 0 Å². The Morgan fingerprint density at radius 2 is 2.19 bits per heavy atom. The van der Waals surface area contributed by atoms with Crippen molar-refractivity contribution in [1.82, 2.24) is 10.2 Å². The summed E-state index contributed by atoms with van der Waals surface area (Å²) in [5.74, 6) is 0.805. The molecule has 1 amide bonds. The van der Waals surface area contributed by atoms with Gasteiger partial charge in [0.2, 0.25) is 5.91 Å². The predicted molar refractivity (Wildman–Crippen MR) is 62.2 cm³/mol. The molecule has 2 heterocycles. The third kappa shape index (κ3) is 3.19. The van der Waals surface area contributed by atoms with Crippen LogP contribution in [0, 0.1) is 5.92 Å². The van der Waals surface area contributed by atoms with Crippen LogP contribution in [0.3, 0.4) is 0 Å². The zero-order valence-corrected chi connectivity index (χ0v) is 10.1. The minimum atomic E-state index is 0.0250. The number of hydrogen-bond acceptors (Lipinski definition) is 3. The molecule has 1 atom stereocenters. The van der Waals surface area contributed by atoms with E-state index in [9.17, 15) is 4.79 Å². The predicted octanol–water partition coefficient (Wildman–Crippen LogP) is 0.623. The van der Waals surface area contributed by atoms with Crippen molar-refractivity contribution in [3.63, 3.8) is 0 Å². The van der Waals surface area contributed by atoms with Crippen molar-refractivity contribution in [3.8, 4) is 0 Å². The van der Waals surface area contributed by atoms with E-state index in [4.69, 9.17) is 4.74 Å². The van der Waals surface area contributed by atoms with E-state index in [1.54, 1.807) is 0 Å². The maximum Gasteiger partial charge on any atom is 0.246 e. The number of ether oxygens (including phenoxy) is 1. The van der Waals surface area contributed by atoms with Crippen molar-refractivity contribution in [2.45, 2.75) is 32.3 Å². The second-order valence-electron chi connectivity index (χ2n) is 4.85. The number of carbonyl (C=O) groups is 1. The SMILES string of the molecule is CCN1CCC(CC2CNC(=O)CO2)CC1. The number of hydrogen-bond donors (Lipinski definition) is 1. The van der Waals surface area contributed by atoms with Gasteiger partial charge in [0.25, 0.3) is 0 Å². The largest absolute Gasteiger partial charge is 0.367 e. The smallest absolute Gasteiger partial charge is 0.246 e. The Bertz CT molecular complexity index is 227. The number of likely N-dealkylation sites (tertiary alicyclic amines) is 1. The van der Waals surface area contributed by atoms with Crippen LogP contribution >= 0.6 is 0 Å². The quantitative estimate of drug-likeness (QED) is 0.767. The summed E-state index contributed by atoms with van der Waals surface area (Å²) in [6, 6.07) is 0. The van der Waals surface area contributed by atoms with Gasteiger partial charge in [0.1, 0.15) is 6.61 Å². The van der Waals surface area contributed by atoms with Gasteiger partial charge in [0.15, 0.2) is 0 Å². The summed E-state index contributed by atoms with van der Waals surface area (Å²) in [6.45, 7) is 6.79. The van der Waals surface area contributed by atoms with Crippen molar-refractivity contribution >= 4 is 5.91 Å². The zero-order valence-electron chi connectivity index (χ0n) is 10.1. The molecule has 2 rings (SSSR count). The summed E-state index contributed by atoms with van der Waals surface area (Å²) in [6.07, 6.45) is 3.91. The number of nitrogens with one attached hydrogen (secondary N) is 1. The molecule has 2 saturated heterocycles. The van der Waals surface area contributed by atoms with E-state index in [0.717, 1.165) is 12.3 Å². The van der Waals surface area contributed by atoms with Crippen LogP contribution in [0.4, 0.5) is 0 Å². The molecule has 16 heavy (non-hydrogen) atoms. The molecule has 0 aromatic rings. The van der Waals surface area contributed by atoms with Crippen LogP contribution in [-0.4, -0.2) is 49.7 Å². The first-order valence-electron chi connectivity index (χ1n) is 6.38. The van der Waals surface area contributed by atoms with Crippen LogP contribution in [0.15, 0.2) is 0 Å². The molecule has 4 nitrogen and oxygen atoms in total. The molecule has 4 heteroatoms. The Labute approximate surface area is 97.3 Å². The van der Waals surface area contributed by atoms with Crippen LogP contribution in [0.5, 0.6) is 0 Å². The van der Waals surface area contributed by atoms with Crippen LogP contribution in [0.1, 0.15) is 26.2 Å². The first kappa shape index (κ1) is 11.9. The molecule has 0 radical (unpaired) electrons. The van der Waals surface area contributed by atoms with Gasteiger partial charge >= 0.3 is 0 Å². The molecule has 0 bridgehead atoms. The number of piperidine rings is 1. The molecular weight excluding hydrogens is 204 g/mol. The fraction of sp³-hybridized carbons (Fsp3) is 0.917. The lowest BCUT2D eigenvalue weighted by Gasteiger charge is -2.33. The van der Waals surface area contributed by atoms with Gasteiger partial charge in [0, 0.05) is 6.54 Å². The molecule has 0 saturated carbocycles. The minimum absolute atomic E-state index is 0.0250. The minimum Gasteiger partial charge on any atom is -0.367 e. The lowest BCUT2D eigenvalue weighted by molar-refractivity contribution is -0.133. The van der Waals surface area contributed by atoms with Crippen molar-refractivity contribution < 1.29 is 9.53 Å². The van der Waals surface area contributed by atoms with Crippen molar-refractivity contribution in [2.24, 2.45) is 5.92 Å². The molecule has 2 aliphatic heterocycles. The van der Waals surface area contributed by atoms with Gasteiger partial charge in [-0.2, -0.15) is 0 Å². The van der Waals surface area contributed by atoms with Crippen molar-refractivity contribution in [1.29, 1.82) is 0 Å². The lowest BCUT2D eigenvalue weighted by atomic mass is 9.91. The molecular formula is C12H22N2O2. The zero-order chi connectivity index (χ0) is 11.4. The number of rotatable bonds is 3. The van der Waals surface area contributed by atoms with E-state index in [1.165, 1.54) is 32.5 Å². The normalized spacial score (nSPS) is 29.1. The Morgan fingerprint density at radius 3 is 2.75 bits per heavy atom. The highest BCUT2D eigenvalue weighted by molar-refractivity contribution is 5.77. The van der Waals surface area contributed by atoms with E-state index in [2.05, 4.69) is 17.1 Å². The fourth-order valence-electron chi connectivity index (χ4n) is 2.59. The van der Waals surface area contributed by atoms with Gasteiger partial charge in [-0.1, -0.05) is 6.92 Å². The molecule has 0 spiro atoms. The number of amides is 1. The Hall–Kier alpha value is -0.610. The monoisotopic (exact) mass is 226 g/mol. The number of nitrogens with zero attached hydrogens (tertiary/aromatic N) is 1. The molecule has 0 aliphatic carbocycles. The third-order valence-electron chi connectivity index (χ3n) is 3.73. The first-order chi connectivity index (χ1) is 7.78. The van der Waals surface area contributed by atoms with Gasteiger partial charge in [-0.15, -0.1) is 0 Å². The molecule has 2 fully saturated rings. The van der Waals surface area contributed by atoms with Crippen LogP contribution in [0.2, 0.25) is 0 Å². The second-order valence-corrected chi connectivity index (χ2v) is 4.85. The molecule has 0 aromatic carbocycles. The maximum atomic E-state index is 10.9. The first-order valence-corrected chi connectivity index (χ1v) is 6.38.